The zero-order valence-electron chi connectivity index (χ0n) is 13.7. The highest BCUT2D eigenvalue weighted by Gasteiger charge is 2.06. The van der Waals surface area contributed by atoms with Gasteiger partial charge in [-0.3, -0.25) is 9.59 Å². The minimum Gasteiger partial charge on any atom is -0.325 e. The van der Waals surface area contributed by atoms with Crippen LogP contribution in [0.15, 0.2) is 53.4 Å². The summed E-state index contributed by atoms with van der Waals surface area (Å²) in [5.74, 6) is 0.263. The van der Waals surface area contributed by atoms with Crippen molar-refractivity contribution < 1.29 is 9.59 Å². The van der Waals surface area contributed by atoms with Crippen LogP contribution in [0, 0.1) is 6.92 Å². The van der Waals surface area contributed by atoms with E-state index in [2.05, 4.69) is 10.6 Å². The van der Waals surface area contributed by atoms with Gasteiger partial charge in [0.25, 0.3) is 0 Å². The van der Waals surface area contributed by atoms with E-state index in [4.69, 9.17) is 0 Å². The van der Waals surface area contributed by atoms with Crippen LogP contribution >= 0.6 is 23.5 Å². The number of benzene rings is 2. The average Bonchev–Trinajstić information content (AvgIpc) is 2.57. The highest BCUT2D eigenvalue weighted by Crippen LogP contribution is 2.17. The molecule has 2 amide bonds. The molecule has 0 unspecified atom stereocenters. The standard InChI is InChI=1S/C18H20N2O2S2/c1-13-3-5-14(6-4-13)19-17(21)11-24-12-18(22)20-15-7-9-16(23-2)10-8-15/h3-10H,11-12H2,1-2H3,(H,19,21)(H,20,22). The lowest BCUT2D eigenvalue weighted by Gasteiger charge is -2.07. The molecule has 0 saturated carbocycles. The van der Waals surface area contributed by atoms with E-state index < -0.39 is 0 Å². The van der Waals surface area contributed by atoms with Gasteiger partial charge < -0.3 is 10.6 Å². The summed E-state index contributed by atoms with van der Waals surface area (Å²) in [6.07, 6.45) is 2.01. The summed E-state index contributed by atoms with van der Waals surface area (Å²) < 4.78 is 0. The molecule has 24 heavy (non-hydrogen) atoms. The molecule has 0 bridgehead atoms. The number of carbonyl (C=O) groups excluding carboxylic acids is 2. The number of carbonyl (C=O) groups is 2. The van der Waals surface area contributed by atoms with Crippen LogP contribution in [0.5, 0.6) is 0 Å². The molecular formula is C18H20N2O2S2. The van der Waals surface area contributed by atoms with Crippen LogP contribution in [0.2, 0.25) is 0 Å². The van der Waals surface area contributed by atoms with Crippen LogP contribution in [0.25, 0.3) is 0 Å². The lowest BCUT2D eigenvalue weighted by Crippen LogP contribution is -2.18. The number of aryl methyl sites for hydroxylation is 1. The first-order valence-corrected chi connectivity index (χ1v) is 9.83. The van der Waals surface area contributed by atoms with Crippen molar-refractivity contribution in [2.45, 2.75) is 11.8 Å². The maximum Gasteiger partial charge on any atom is 0.234 e. The van der Waals surface area contributed by atoms with Gasteiger partial charge in [-0.1, -0.05) is 17.7 Å². The Kier molecular flexibility index (Phi) is 7.21. The first-order chi connectivity index (χ1) is 11.6. The van der Waals surface area contributed by atoms with Gasteiger partial charge in [-0.25, -0.2) is 0 Å². The largest absolute Gasteiger partial charge is 0.325 e. The fraction of sp³-hybridized carbons (Fsp3) is 0.222. The summed E-state index contributed by atoms with van der Waals surface area (Å²) in [6.45, 7) is 1.99. The molecule has 2 aromatic rings. The summed E-state index contributed by atoms with van der Waals surface area (Å²) in [7, 11) is 0. The molecule has 0 fully saturated rings. The van der Waals surface area contributed by atoms with Crippen molar-refractivity contribution in [2.75, 3.05) is 28.4 Å². The molecule has 2 N–H and O–H groups in total. The van der Waals surface area contributed by atoms with Crippen molar-refractivity contribution in [3.63, 3.8) is 0 Å². The number of thioether (sulfide) groups is 2. The third-order valence-electron chi connectivity index (χ3n) is 3.18. The lowest BCUT2D eigenvalue weighted by molar-refractivity contribution is -0.114. The van der Waals surface area contributed by atoms with Crippen LogP contribution in [-0.2, 0) is 9.59 Å². The second-order valence-electron chi connectivity index (χ2n) is 5.18. The van der Waals surface area contributed by atoms with Gasteiger partial charge in [0.1, 0.15) is 0 Å². The van der Waals surface area contributed by atoms with Crippen molar-refractivity contribution in [3.05, 3.63) is 54.1 Å². The number of nitrogens with one attached hydrogen (secondary N) is 2. The lowest BCUT2D eigenvalue weighted by atomic mass is 10.2. The molecule has 126 valence electrons. The zero-order chi connectivity index (χ0) is 17.4. The third kappa shape index (κ3) is 6.29. The fourth-order valence-electron chi connectivity index (χ4n) is 1.94. The maximum absolute atomic E-state index is 11.9. The Morgan fingerprint density at radius 3 is 1.75 bits per heavy atom. The minimum atomic E-state index is -0.111. The van der Waals surface area contributed by atoms with E-state index >= 15 is 0 Å². The van der Waals surface area contributed by atoms with Gasteiger partial charge in [0.2, 0.25) is 11.8 Å². The second kappa shape index (κ2) is 9.39. The van der Waals surface area contributed by atoms with Gasteiger partial charge in [-0.05, 0) is 49.6 Å². The summed E-state index contributed by atoms with van der Waals surface area (Å²) in [5.41, 5.74) is 2.68. The van der Waals surface area contributed by atoms with Crippen molar-refractivity contribution >= 4 is 46.7 Å². The molecule has 0 radical (unpaired) electrons. The Hall–Kier alpha value is -1.92. The van der Waals surface area contributed by atoms with E-state index in [1.807, 2.05) is 61.7 Å². The Balaban J connectivity index is 1.69. The molecule has 2 rings (SSSR count). The van der Waals surface area contributed by atoms with E-state index in [0.717, 1.165) is 21.8 Å². The average molecular weight is 361 g/mol. The van der Waals surface area contributed by atoms with Gasteiger partial charge in [0.05, 0.1) is 11.5 Å². The van der Waals surface area contributed by atoms with E-state index in [9.17, 15) is 9.59 Å². The molecule has 0 aliphatic heterocycles. The molecular weight excluding hydrogens is 340 g/mol. The predicted molar refractivity (Wildman–Crippen MR) is 104 cm³/mol. The topological polar surface area (TPSA) is 58.2 Å². The van der Waals surface area contributed by atoms with Crippen LogP contribution in [0.1, 0.15) is 5.56 Å². The van der Waals surface area contributed by atoms with Crippen LogP contribution in [-0.4, -0.2) is 29.6 Å². The number of hydrogen-bond donors (Lipinski definition) is 2. The Morgan fingerprint density at radius 2 is 1.29 bits per heavy atom. The third-order valence-corrected chi connectivity index (χ3v) is 4.85. The van der Waals surface area contributed by atoms with Crippen LogP contribution in [0.3, 0.4) is 0 Å². The number of amides is 2. The smallest absolute Gasteiger partial charge is 0.234 e. The first-order valence-electron chi connectivity index (χ1n) is 7.45. The quantitative estimate of drug-likeness (QED) is 0.732. The molecule has 0 saturated heterocycles. The van der Waals surface area contributed by atoms with Crippen molar-refractivity contribution in [2.24, 2.45) is 0 Å². The van der Waals surface area contributed by atoms with Gasteiger partial charge >= 0.3 is 0 Å². The van der Waals surface area contributed by atoms with E-state index in [-0.39, 0.29) is 23.3 Å². The SMILES string of the molecule is CSc1ccc(NC(=O)CSCC(=O)Nc2ccc(C)cc2)cc1. The van der Waals surface area contributed by atoms with Crippen LogP contribution in [0.4, 0.5) is 11.4 Å². The predicted octanol–water partition coefficient (Wildman–Crippen LogP) is 4.03. The Bertz CT molecular complexity index is 685. The van der Waals surface area contributed by atoms with Gasteiger partial charge in [-0.15, -0.1) is 23.5 Å². The van der Waals surface area contributed by atoms with E-state index in [0.29, 0.717) is 0 Å². The molecule has 0 aliphatic rings. The monoisotopic (exact) mass is 360 g/mol. The van der Waals surface area contributed by atoms with Crippen molar-refractivity contribution in [3.8, 4) is 0 Å². The van der Waals surface area contributed by atoms with Gasteiger partial charge in [-0.2, -0.15) is 0 Å². The van der Waals surface area contributed by atoms with Crippen molar-refractivity contribution in [1.29, 1.82) is 0 Å². The molecule has 0 aliphatic carbocycles. The number of anilines is 2. The molecule has 6 heteroatoms. The molecule has 0 aromatic heterocycles. The summed E-state index contributed by atoms with van der Waals surface area (Å²) in [5, 5.41) is 5.63. The summed E-state index contributed by atoms with van der Waals surface area (Å²) in [4.78, 5) is 24.9. The minimum absolute atomic E-state index is 0.110. The molecule has 0 atom stereocenters. The normalized spacial score (nSPS) is 10.2. The number of rotatable bonds is 7. The summed E-state index contributed by atoms with van der Waals surface area (Å²) in [6, 6.07) is 15.3. The Morgan fingerprint density at radius 1 is 0.833 bits per heavy atom. The van der Waals surface area contributed by atoms with Crippen molar-refractivity contribution in [1.82, 2.24) is 0 Å². The highest BCUT2D eigenvalue weighted by atomic mass is 32.2. The zero-order valence-corrected chi connectivity index (χ0v) is 15.3. The molecule has 0 heterocycles. The van der Waals surface area contributed by atoms with Crippen LogP contribution < -0.4 is 10.6 Å². The number of hydrogen-bond acceptors (Lipinski definition) is 4. The highest BCUT2D eigenvalue weighted by molar-refractivity contribution is 8.00. The van der Waals surface area contributed by atoms with E-state index in [1.54, 1.807) is 11.8 Å². The summed E-state index contributed by atoms with van der Waals surface area (Å²) >= 11 is 2.94. The maximum atomic E-state index is 11.9. The molecule has 0 spiro atoms. The first kappa shape index (κ1) is 18.4. The van der Waals surface area contributed by atoms with Gasteiger partial charge in [0.15, 0.2) is 0 Å². The fourth-order valence-corrected chi connectivity index (χ4v) is 2.97. The van der Waals surface area contributed by atoms with Gasteiger partial charge in [0, 0.05) is 16.3 Å². The van der Waals surface area contributed by atoms with E-state index in [1.165, 1.54) is 11.8 Å². The molecule has 2 aromatic carbocycles. The Labute approximate surface area is 150 Å². The molecule has 4 nitrogen and oxygen atoms in total. The second-order valence-corrected chi connectivity index (χ2v) is 7.05.